The van der Waals surface area contributed by atoms with E-state index in [2.05, 4.69) is 0 Å². The Bertz CT molecular complexity index is 458. The predicted molar refractivity (Wildman–Crippen MR) is 68.3 cm³/mol. The maximum absolute atomic E-state index is 13.9. The fourth-order valence-corrected chi connectivity index (χ4v) is 2.65. The second kappa shape index (κ2) is 5.65. The summed E-state index contributed by atoms with van der Waals surface area (Å²) >= 11 is 0. The topological polar surface area (TPSA) is 46.3 Å². The van der Waals surface area contributed by atoms with Crippen LogP contribution in [0.15, 0.2) is 18.2 Å². The summed E-state index contributed by atoms with van der Waals surface area (Å²) in [6.45, 7) is 2.38. The lowest BCUT2D eigenvalue weighted by molar-refractivity contribution is -0.137. The fourth-order valence-electron chi connectivity index (χ4n) is 2.65. The molecule has 0 radical (unpaired) electrons. The molecule has 0 bridgehead atoms. The van der Waals surface area contributed by atoms with Crippen LogP contribution in [0.1, 0.15) is 37.8 Å². The third kappa shape index (κ3) is 2.61. The molecule has 0 spiro atoms. The van der Waals surface area contributed by atoms with E-state index in [1.807, 2.05) is 6.92 Å². The molecule has 2 atom stereocenters. The number of carbonyl (C=O) groups excluding carboxylic acids is 1. The van der Waals surface area contributed by atoms with Crippen molar-refractivity contribution in [3.63, 3.8) is 0 Å². The highest BCUT2D eigenvalue weighted by atomic mass is 19.1. The Morgan fingerprint density at radius 1 is 1.37 bits per heavy atom. The Balaban J connectivity index is 2.45. The molecular formula is C14H18F2N2O. The fraction of sp³-hybridized carbons (Fsp3) is 0.500. The van der Waals surface area contributed by atoms with Gasteiger partial charge in [-0.15, -0.1) is 0 Å². The number of benzene rings is 1. The largest absolute Gasteiger partial charge is 0.334 e. The number of hydrogen-bond acceptors (Lipinski definition) is 2. The van der Waals surface area contributed by atoms with Gasteiger partial charge in [0, 0.05) is 24.6 Å². The second-order valence-corrected chi connectivity index (χ2v) is 4.87. The molecule has 1 aromatic carbocycles. The van der Waals surface area contributed by atoms with Crippen molar-refractivity contribution >= 4 is 5.91 Å². The number of amides is 1. The molecular weight excluding hydrogens is 250 g/mol. The molecule has 1 amide bonds. The first-order chi connectivity index (χ1) is 9.06. The normalized spacial score (nSPS) is 23.8. The van der Waals surface area contributed by atoms with Crippen LogP contribution in [-0.4, -0.2) is 23.4 Å². The Labute approximate surface area is 111 Å². The first kappa shape index (κ1) is 13.9. The molecule has 1 aromatic rings. The molecule has 19 heavy (non-hydrogen) atoms. The first-order valence-electron chi connectivity index (χ1n) is 6.55. The predicted octanol–water partition coefficient (Wildman–Crippen LogP) is 2.37. The third-order valence-electron chi connectivity index (χ3n) is 3.51. The van der Waals surface area contributed by atoms with Gasteiger partial charge in [-0.2, -0.15) is 0 Å². The van der Waals surface area contributed by atoms with Gasteiger partial charge in [0.2, 0.25) is 5.91 Å². The van der Waals surface area contributed by atoms with E-state index in [-0.39, 0.29) is 11.5 Å². The van der Waals surface area contributed by atoms with Crippen LogP contribution < -0.4 is 5.73 Å². The lowest BCUT2D eigenvalue weighted by atomic mass is 9.89. The van der Waals surface area contributed by atoms with Crippen molar-refractivity contribution in [1.29, 1.82) is 0 Å². The van der Waals surface area contributed by atoms with Crippen LogP contribution in [0.25, 0.3) is 0 Å². The van der Waals surface area contributed by atoms with Crippen LogP contribution >= 0.6 is 0 Å². The maximum atomic E-state index is 13.9. The van der Waals surface area contributed by atoms with Crippen molar-refractivity contribution < 1.29 is 13.6 Å². The molecule has 104 valence electrons. The minimum absolute atomic E-state index is 0.0866. The SMILES string of the molecule is CCCN1C(=O)CCC(N)C1c1c(F)cccc1F. The highest BCUT2D eigenvalue weighted by molar-refractivity contribution is 5.78. The third-order valence-corrected chi connectivity index (χ3v) is 3.51. The summed E-state index contributed by atoms with van der Waals surface area (Å²) in [7, 11) is 0. The van der Waals surface area contributed by atoms with Crippen molar-refractivity contribution in [1.82, 2.24) is 4.90 Å². The number of carbonyl (C=O) groups is 1. The highest BCUT2D eigenvalue weighted by Gasteiger charge is 2.37. The lowest BCUT2D eigenvalue weighted by Crippen LogP contribution is -2.49. The van der Waals surface area contributed by atoms with Gasteiger partial charge in [-0.05, 0) is 25.0 Å². The van der Waals surface area contributed by atoms with Crippen LogP contribution in [0.5, 0.6) is 0 Å². The Kier molecular flexibility index (Phi) is 4.14. The van der Waals surface area contributed by atoms with Gasteiger partial charge >= 0.3 is 0 Å². The molecule has 0 aliphatic carbocycles. The Hall–Kier alpha value is -1.49. The van der Waals surface area contributed by atoms with E-state index in [0.29, 0.717) is 19.4 Å². The Morgan fingerprint density at radius 2 is 2.00 bits per heavy atom. The van der Waals surface area contributed by atoms with Crippen LogP contribution in [0, 0.1) is 11.6 Å². The molecule has 2 rings (SSSR count). The number of likely N-dealkylation sites (tertiary alicyclic amines) is 1. The zero-order valence-electron chi connectivity index (χ0n) is 10.9. The van der Waals surface area contributed by atoms with Crippen molar-refractivity contribution in [2.75, 3.05) is 6.54 Å². The van der Waals surface area contributed by atoms with Gasteiger partial charge < -0.3 is 10.6 Å². The van der Waals surface area contributed by atoms with E-state index < -0.39 is 23.7 Å². The van der Waals surface area contributed by atoms with Gasteiger partial charge in [0.15, 0.2) is 0 Å². The van der Waals surface area contributed by atoms with Crippen molar-refractivity contribution in [3.05, 3.63) is 35.4 Å². The van der Waals surface area contributed by atoms with E-state index in [9.17, 15) is 13.6 Å². The minimum atomic E-state index is -0.706. The number of nitrogens with zero attached hydrogens (tertiary/aromatic N) is 1. The van der Waals surface area contributed by atoms with E-state index in [0.717, 1.165) is 6.42 Å². The zero-order chi connectivity index (χ0) is 14.0. The van der Waals surface area contributed by atoms with Crippen molar-refractivity contribution in [2.45, 2.75) is 38.3 Å². The molecule has 1 aliphatic rings. The average Bonchev–Trinajstić information content (AvgIpc) is 2.37. The standard InChI is InChI=1S/C14H18F2N2O/c1-2-8-18-12(19)7-6-11(17)14(18)13-9(15)4-3-5-10(13)16/h3-5,11,14H,2,6-8,17H2,1H3. The van der Waals surface area contributed by atoms with Gasteiger partial charge in [-0.3, -0.25) is 4.79 Å². The number of nitrogens with two attached hydrogens (primary N) is 1. The Morgan fingerprint density at radius 3 is 2.58 bits per heavy atom. The van der Waals surface area contributed by atoms with Gasteiger partial charge in [0.1, 0.15) is 11.6 Å². The molecule has 0 saturated carbocycles. The maximum Gasteiger partial charge on any atom is 0.223 e. The molecule has 1 aliphatic heterocycles. The summed E-state index contributed by atoms with van der Waals surface area (Å²) in [5.41, 5.74) is 5.92. The minimum Gasteiger partial charge on any atom is -0.334 e. The molecule has 0 aromatic heterocycles. The molecule has 2 N–H and O–H groups in total. The van der Waals surface area contributed by atoms with Gasteiger partial charge in [-0.25, -0.2) is 8.78 Å². The molecule has 1 fully saturated rings. The van der Waals surface area contributed by atoms with Gasteiger partial charge in [0.05, 0.1) is 6.04 Å². The highest BCUT2D eigenvalue weighted by Crippen LogP contribution is 2.33. The van der Waals surface area contributed by atoms with E-state index >= 15 is 0 Å². The molecule has 5 heteroatoms. The smallest absolute Gasteiger partial charge is 0.223 e. The summed E-state index contributed by atoms with van der Waals surface area (Å²) in [6, 6.07) is 2.58. The van der Waals surface area contributed by atoms with Crippen LogP contribution in [0.3, 0.4) is 0 Å². The summed E-state index contributed by atoms with van der Waals surface area (Å²) in [4.78, 5) is 13.5. The van der Waals surface area contributed by atoms with Crippen molar-refractivity contribution in [2.24, 2.45) is 5.73 Å². The molecule has 1 saturated heterocycles. The summed E-state index contributed by atoms with van der Waals surface area (Å²) in [5, 5.41) is 0. The van der Waals surface area contributed by atoms with E-state index in [1.165, 1.54) is 23.1 Å². The number of piperidine rings is 1. The first-order valence-corrected chi connectivity index (χ1v) is 6.55. The van der Waals surface area contributed by atoms with E-state index in [1.54, 1.807) is 0 Å². The summed E-state index contributed by atoms with van der Waals surface area (Å²) in [5.74, 6) is -1.37. The van der Waals surface area contributed by atoms with Gasteiger partial charge in [0.25, 0.3) is 0 Å². The number of hydrogen-bond donors (Lipinski definition) is 1. The van der Waals surface area contributed by atoms with Crippen molar-refractivity contribution in [3.8, 4) is 0 Å². The summed E-state index contributed by atoms with van der Waals surface area (Å²) < 4.78 is 27.8. The van der Waals surface area contributed by atoms with Crippen LogP contribution in [0.2, 0.25) is 0 Å². The molecule has 2 unspecified atom stereocenters. The quantitative estimate of drug-likeness (QED) is 0.914. The number of rotatable bonds is 3. The van der Waals surface area contributed by atoms with Crippen LogP contribution in [-0.2, 0) is 4.79 Å². The van der Waals surface area contributed by atoms with Crippen LogP contribution in [0.4, 0.5) is 8.78 Å². The van der Waals surface area contributed by atoms with E-state index in [4.69, 9.17) is 5.73 Å². The van der Waals surface area contributed by atoms with Gasteiger partial charge in [-0.1, -0.05) is 13.0 Å². The second-order valence-electron chi connectivity index (χ2n) is 4.87. The summed E-state index contributed by atoms with van der Waals surface area (Å²) in [6.07, 6.45) is 1.52. The zero-order valence-corrected chi connectivity index (χ0v) is 10.9. The lowest BCUT2D eigenvalue weighted by Gasteiger charge is -2.40. The monoisotopic (exact) mass is 268 g/mol. The molecule has 1 heterocycles. The number of halogens is 2. The average molecular weight is 268 g/mol. The molecule has 3 nitrogen and oxygen atoms in total.